The summed E-state index contributed by atoms with van der Waals surface area (Å²) < 4.78 is 6.17. The van der Waals surface area contributed by atoms with Gasteiger partial charge in [0.2, 0.25) is 0 Å². The monoisotopic (exact) mass is 452 g/mol. The molecule has 3 aromatic rings. The molecule has 0 radical (unpaired) electrons. The predicted octanol–water partition coefficient (Wildman–Crippen LogP) is 4.94. The number of amides is 2. The maximum absolute atomic E-state index is 12.4. The van der Waals surface area contributed by atoms with Crippen LogP contribution in [0.15, 0.2) is 66.7 Å². The van der Waals surface area contributed by atoms with Crippen molar-refractivity contribution in [3.05, 3.63) is 77.9 Å². The normalized spacial score (nSPS) is 15.3. The van der Waals surface area contributed by atoms with Gasteiger partial charge in [-0.2, -0.15) is 0 Å². The lowest BCUT2D eigenvalue weighted by Crippen LogP contribution is -2.47. The molecule has 1 unspecified atom stereocenters. The van der Waals surface area contributed by atoms with E-state index < -0.39 is 12.0 Å². The molecular formula is C24H24N2O3S2. The quantitative estimate of drug-likeness (QED) is 0.537. The Morgan fingerprint density at radius 1 is 0.935 bits per heavy atom. The van der Waals surface area contributed by atoms with Gasteiger partial charge in [0.1, 0.15) is 5.75 Å². The minimum absolute atomic E-state index is 0.359. The lowest BCUT2D eigenvalue weighted by molar-refractivity contribution is -0.128. The molecule has 1 heterocycles. The van der Waals surface area contributed by atoms with Gasteiger partial charge in [-0.3, -0.25) is 20.4 Å². The highest BCUT2D eigenvalue weighted by atomic mass is 32.2. The van der Waals surface area contributed by atoms with E-state index in [2.05, 4.69) is 10.9 Å². The SMILES string of the molecule is CC(Oc1ccc2ccccc2c1)C(=O)NNC(=O)c1ccc(C2SCCCS2)cc1. The number of hydrogen-bond donors (Lipinski definition) is 2. The summed E-state index contributed by atoms with van der Waals surface area (Å²) in [5, 5.41) is 2.14. The third-order valence-electron chi connectivity index (χ3n) is 4.97. The standard InChI is InChI=1S/C24H24N2O3S2/c1-16(29-21-12-11-17-5-2-3-6-20(17)15-21)22(27)25-26-23(28)18-7-9-19(10-8-18)24-30-13-4-14-31-24/h2-3,5-12,15-16,24H,4,13-14H2,1H3,(H,25,27)(H,26,28). The van der Waals surface area contributed by atoms with Crippen LogP contribution in [0, 0.1) is 0 Å². The first-order valence-electron chi connectivity index (χ1n) is 10.2. The van der Waals surface area contributed by atoms with Gasteiger partial charge in [-0.15, -0.1) is 23.5 Å². The maximum atomic E-state index is 12.4. The zero-order valence-corrected chi connectivity index (χ0v) is 18.8. The Kier molecular flexibility index (Phi) is 7.04. The molecule has 3 aromatic carbocycles. The van der Waals surface area contributed by atoms with Gasteiger partial charge in [0.05, 0.1) is 4.58 Å². The average Bonchev–Trinajstić information content (AvgIpc) is 2.83. The van der Waals surface area contributed by atoms with E-state index in [0.29, 0.717) is 15.9 Å². The van der Waals surface area contributed by atoms with Crippen LogP contribution >= 0.6 is 23.5 Å². The van der Waals surface area contributed by atoms with Crippen molar-refractivity contribution in [2.24, 2.45) is 0 Å². The van der Waals surface area contributed by atoms with E-state index in [1.54, 1.807) is 19.1 Å². The Bertz CT molecular complexity index is 1070. The fraction of sp³-hybridized carbons (Fsp3) is 0.250. The minimum Gasteiger partial charge on any atom is -0.481 e. The number of benzene rings is 3. The van der Waals surface area contributed by atoms with Gasteiger partial charge in [0.25, 0.3) is 11.8 Å². The van der Waals surface area contributed by atoms with Crippen LogP contribution in [0.5, 0.6) is 5.75 Å². The molecule has 31 heavy (non-hydrogen) atoms. The van der Waals surface area contributed by atoms with Crippen LogP contribution in [-0.4, -0.2) is 29.4 Å². The Labute approximate surface area is 190 Å². The molecule has 1 atom stereocenters. The van der Waals surface area contributed by atoms with Crippen molar-refractivity contribution in [3.63, 3.8) is 0 Å². The molecule has 7 heteroatoms. The molecule has 160 valence electrons. The minimum atomic E-state index is -0.760. The van der Waals surface area contributed by atoms with Crippen molar-refractivity contribution in [2.75, 3.05) is 11.5 Å². The second-order valence-corrected chi connectivity index (χ2v) is 9.99. The van der Waals surface area contributed by atoms with Crippen molar-refractivity contribution in [2.45, 2.75) is 24.0 Å². The zero-order valence-electron chi connectivity index (χ0n) is 17.2. The molecule has 4 rings (SSSR count). The Morgan fingerprint density at radius 3 is 2.39 bits per heavy atom. The van der Waals surface area contributed by atoms with E-state index in [-0.39, 0.29) is 5.91 Å². The molecule has 2 amide bonds. The number of hydrazine groups is 1. The van der Waals surface area contributed by atoms with Crippen LogP contribution < -0.4 is 15.6 Å². The number of carbonyl (C=O) groups is 2. The van der Waals surface area contributed by atoms with E-state index in [9.17, 15) is 9.59 Å². The molecular weight excluding hydrogens is 428 g/mol. The van der Waals surface area contributed by atoms with Crippen LogP contribution in [0.2, 0.25) is 0 Å². The number of thioether (sulfide) groups is 2. The molecule has 0 saturated carbocycles. The summed E-state index contributed by atoms with van der Waals surface area (Å²) in [5.41, 5.74) is 6.62. The van der Waals surface area contributed by atoms with Crippen LogP contribution in [-0.2, 0) is 4.79 Å². The largest absolute Gasteiger partial charge is 0.481 e. The first-order chi connectivity index (χ1) is 15.1. The molecule has 0 spiro atoms. The van der Waals surface area contributed by atoms with E-state index in [4.69, 9.17) is 4.74 Å². The lowest BCUT2D eigenvalue weighted by Gasteiger charge is -2.21. The summed E-state index contributed by atoms with van der Waals surface area (Å²) >= 11 is 3.88. The highest BCUT2D eigenvalue weighted by Gasteiger charge is 2.18. The molecule has 1 aliphatic heterocycles. The maximum Gasteiger partial charge on any atom is 0.279 e. The molecule has 1 fully saturated rings. The molecule has 0 bridgehead atoms. The lowest BCUT2D eigenvalue weighted by atomic mass is 10.1. The van der Waals surface area contributed by atoms with Crippen LogP contribution in [0.3, 0.4) is 0 Å². The second kappa shape index (κ2) is 10.1. The fourth-order valence-corrected chi connectivity index (χ4v) is 6.16. The van der Waals surface area contributed by atoms with Crippen molar-refractivity contribution < 1.29 is 14.3 Å². The van der Waals surface area contributed by atoms with Crippen LogP contribution in [0.1, 0.15) is 33.8 Å². The van der Waals surface area contributed by atoms with E-state index in [0.717, 1.165) is 10.8 Å². The summed E-state index contributed by atoms with van der Waals surface area (Å²) in [6.45, 7) is 1.64. The summed E-state index contributed by atoms with van der Waals surface area (Å²) in [6, 6.07) is 21.2. The van der Waals surface area contributed by atoms with Crippen molar-refractivity contribution in [3.8, 4) is 5.75 Å². The Hall–Kier alpha value is -2.64. The van der Waals surface area contributed by atoms with E-state index in [1.165, 1.54) is 23.5 Å². The third-order valence-corrected chi connectivity index (χ3v) is 7.99. The topological polar surface area (TPSA) is 67.4 Å². The molecule has 1 saturated heterocycles. The first kappa shape index (κ1) is 21.6. The van der Waals surface area contributed by atoms with Gasteiger partial charge in [-0.05, 0) is 65.5 Å². The summed E-state index contributed by atoms with van der Waals surface area (Å²) in [5.74, 6) is 2.16. The van der Waals surface area contributed by atoms with Crippen molar-refractivity contribution in [1.82, 2.24) is 10.9 Å². The van der Waals surface area contributed by atoms with Gasteiger partial charge in [0.15, 0.2) is 6.10 Å². The van der Waals surface area contributed by atoms with Crippen LogP contribution in [0.25, 0.3) is 10.8 Å². The molecule has 5 nitrogen and oxygen atoms in total. The van der Waals surface area contributed by atoms with Gasteiger partial charge in [-0.1, -0.05) is 42.5 Å². The van der Waals surface area contributed by atoms with Crippen molar-refractivity contribution >= 4 is 46.1 Å². The fourth-order valence-electron chi connectivity index (χ4n) is 3.26. The molecule has 0 aliphatic carbocycles. The van der Waals surface area contributed by atoms with E-state index >= 15 is 0 Å². The average molecular weight is 453 g/mol. The summed E-state index contributed by atoms with van der Waals surface area (Å²) in [6.07, 6.45) is 0.485. The predicted molar refractivity (Wildman–Crippen MR) is 128 cm³/mol. The number of hydrogen-bond acceptors (Lipinski definition) is 5. The number of rotatable bonds is 5. The smallest absolute Gasteiger partial charge is 0.279 e. The summed E-state index contributed by atoms with van der Waals surface area (Å²) in [4.78, 5) is 24.7. The summed E-state index contributed by atoms with van der Waals surface area (Å²) in [7, 11) is 0. The van der Waals surface area contributed by atoms with Crippen molar-refractivity contribution in [1.29, 1.82) is 0 Å². The first-order valence-corrected chi connectivity index (χ1v) is 12.3. The highest BCUT2D eigenvalue weighted by Crippen LogP contribution is 2.43. The van der Waals surface area contributed by atoms with E-state index in [1.807, 2.05) is 78.1 Å². The third kappa shape index (κ3) is 5.54. The van der Waals surface area contributed by atoms with Crippen LogP contribution in [0.4, 0.5) is 0 Å². The molecule has 2 N–H and O–H groups in total. The second-order valence-electron chi connectivity index (χ2n) is 7.26. The molecule has 1 aliphatic rings. The van der Waals surface area contributed by atoms with Gasteiger partial charge >= 0.3 is 0 Å². The Balaban J connectivity index is 1.29. The molecule has 0 aromatic heterocycles. The zero-order chi connectivity index (χ0) is 21.6. The number of ether oxygens (including phenoxy) is 1. The van der Waals surface area contributed by atoms with Gasteiger partial charge in [-0.25, -0.2) is 0 Å². The van der Waals surface area contributed by atoms with Gasteiger partial charge in [0, 0.05) is 5.56 Å². The number of nitrogens with one attached hydrogen (secondary N) is 2. The number of carbonyl (C=O) groups excluding carboxylic acids is 2. The highest BCUT2D eigenvalue weighted by molar-refractivity contribution is 8.16. The Morgan fingerprint density at radius 2 is 1.65 bits per heavy atom. The number of fused-ring (bicyclic) bond motifs is 1. The van der Waals surface area contributed by atoms with Gasteiger partial charge < -0.3 is 4.74 Å².